The van der Waals surface area contributed by atoms with E-state index in [-0.39, 0.29) is 23.0 Å². The standard InChI is InChI=1S/C23H25NO2/c1-23(2)13-19(25)21(20(26)14-23)22-17-11-6-5-9-15(17)16-10-7-8-12-18(16)24(22,3)4/h5-12,22H,13-14H2,1-4H3. The number of rotatable bonds is 1. The average molecular weight is 347 g/mol. The molecular formula is C23H25NO2. The molecule has 0 amide bonds. The van der Waals surface area contributed by atoms with Gasteiger partial charge in [0, 0.05) is 23.1 Å². The second-order valence-corrected chi connectivity index (χ2v) is 8.82. The van der Waals surface area contributed by atoms with Crippen molar-refractivity contribution < 1.29 is 9.90 Å². The monoisotopic (exact) mass is 347 g/mol. The highest BCUT2D eigenvalue weighted by Gasteiger charge is 2.46. The van der Waals surface area contributed by atoms with E-state index in [2.05, 4.69) is 38.4 Å². The van der Waals surface area contributed by atoms with E-state index in [1.165, 1.54) is 5.56 Å². The Morgan fingerprint density at radius 1 is 0.962 bits per heavy atom. The fourth-order valence-electron chi connectivity index (χ4n) is 4.73. The zero-order valence-electron chi connectivity index (χ0n) is 15.9. The number of fused-ring (bicyclic) bond motifs is 3. The van der Waals surface area contributed by atoms with Crippen LogP contribution < -0.4 is 9.59 Å². The summed E-state index contributed by atoms with van der Waals surface area (Å²) < 4.78 is 0.487. The first-order chi connectivity index (χ1) is 12.2. The normalized spacial score (nSPS) is 23.4. The topological polar surface area (TPSA) is 40.1 Å². The van der Waals surface area contributed by atoms with Crippen molar-refractivity contribution >= 4 is 11.5 Å². The number of hydrogen-bond acceptors (Lipinski definition) is 2. The predicted octanol–water partition coefficient (Wildman–Crippen LogP) is 3.98. The number of carbonyl (C=O) groups excluding carboxylic acids is 1. The number of likely N-dealkylation sites (N-methyl/N-ethyl adjacent to an activating group) is 1. The van der Waals surface area contributed by atoms with Crippen LogP contribution in [-0.2, 0) is 4.79 Å². The number of carbonyl (C=O) groups is 1. The van der Waals surface area contributed by atoms with Crippen molar-refractivity contribution in [2.75, 3.05) is 14.1 Å². The molecule has 0 spiro atoms. The van der Waals surface area contributed by atoms with Gasteiger partial charge in [-0.15, -0.1) is 5.76 Å². The van der Waals surface area contributed by atoms with Crippen LogP contribution in [0.25, 0.3) is 11.1 Å². The van der Waals surface area contributed by atoms with Crippen molar-refractivity contribution in [2.45, 2.75) is 32.7 Å². The van der Waals surface area contributed by atoms with E-state index in [9.17, 15) is 9.90 Å². The van der Waals surface area contributed by atoms with E-state index in [0.29, 0.717) is 22.9 Å². The Kier molecular flexibility index (Phi) is 3.64. The molecule has 2 aromatic rings. The molecule has 1 aliphatic heterocycles. The molecule has 3 nitrogen and oxygen atoms in total. The first kappa shape index (κ1) is 17.0. The number of para-hydroxylation sites is 1. The van der Waals surface area contributed by atoms with Gasteiger partial charge < -0.3 is 5.11 Å². The lowest BCUT2D eigenvalue weighted by Gasteiger charge is -2.47. The van der Waals surface area contributed by atoms with Gasteiger partial charge in [0.2, 0.25) is 0 Å². The molecule has 0 bridgehead atoms. The maximum Gasteiger partial charge on any atom is 0.164 e. The Balaban J connectivity index is 1.99. The van der Waals surface area contributed by atoms with Crippen molar-refractivity contribution in [3.05, 3.63) is 65.4 Å². The largest absolute Gasteiger partial charge is 0.875 e. The van der Waals surface area contributed by atoms with E-state index in [1.54, 1.807) is 0 Å². The minimum absolute atomic E-state index is 0.0108. The van der Waals surface area contributed by atoms with Gasteiger partial charge in [-0.3, -0.25) is 9.28 Å². The molecule has 0 N–H and O–H groups in total. The van der Waals surface area contributed by atoms with Crippen LogP contribution in [-0.4, -0.2) is 19.9 Å². The van der Waals surface area contributed by atoms with Crippen molar-refractivity contribution in [2.24, 2.45) is 5.41 Å². The van der Waals surface area contributed by atoms with Crippen LogP contribution in [0, 0.1) is 5.41 Å². The summed E-state index contributed by atoms with van der Waals surface area (Å²) in [5, 5.41) is 13.1. The van der Waals surface area contributed by atoms with Crippen molar-refractivity contribution in [3.63, 3.8) is 0 Å². The molecule has 1 atom stereocenters. The molecule has 1 heterocycles. The van der Waals surface area contributed by atoms with Crippen LogP contribution in [0.5, 0.6) is 0 Å². The summed E-state index contributed by atoms with van der Waals surface area (Å²) in [6.07, 6.45) is 0.878. The van der Waals surface area contributed by atoms with Crippen LogP contribution in [0.4, 0.5) is 5.69 Å². The van der Waals surface area contributed by atoms with E-state index in [4.69, 9.17) is 0 Å². The lowest BCUT2D eigenvalue weighted by molar-refractivity contribution is -0.313. The fraction of sp³-hybridized carbons (Fsp3) is 0.348. The zero-order chi connectivity index (χ0) is 18.7. The Morgan fingerprint density at radius 3 is 2.27 bits per heavy atom. The minimum Gasteiger partial charge on any atom is -0.875 e. The van der Waals surface area contributed by atoms with E-state index in [0.717, 1.165) is 16.8 Å². The number of quaternary nitrogens is 1. The summed E-state index contributed by atoms with van der Waals surface area (Å²) in [5.74, 6) is 0.0215. The molecule has 3 heteroatoms. The summed E-state index contributed by atoms with van der Waals surface area (Å²) in [6.45, 7) is 4.01. The molecule has 0 saturated heterocycles. The Bertz CT molecular complexity index is 937. The highest BCUT2D eigenvalue weighted by atomic mass is 16.3. The minimum atomic E-state index is -0.253. The van der Waals surface area contributed by atoms with Crippen LogP contribution >= 0.6 is 0 Å². The second kappa shape index (κ2) is 5.55. The number of benzene rings is 2. The van der Waals surface area contributed by atoms with E-state index < -0.39 is 0 Å². The lowest BCUT2D eigenvalue weighted by Crippen LogP contribution is -2.50. The number of ketones is 1. The highest BCUT2D eigenvalue weighted by Crippen LogP contribution is 2.52. The van der Waals surface area contributed by atoms with Crippen molar-refractivity contribution in [3.8, 4) is 11.1 Å². The third-order valence-electron chi connectivity index (χ3n) is 5.87. The summed E-state index contributed by atoms with van der Waals surface area (Å²) >= 11 is 0. The van der Waals surface area contributed by atoms with Gasteiger partial charge >= 0.3 is 0 Å². The third kappa shape index (κ3) is 2.42. The van der Waals surface area contributed by atoms with Gasteiger partial charge in [-0.1, -0.05) is 50.2 Å². The molecule has 0 fully saturated rings. The molecule has 0 radical (unpaired) electrons. The molecule has 26 heavy (non-hydrogen) atoms. The van der Waals surface area contributed by atoms with Gasteiger partial charge in [-0.25, -0.2) is 0 Å². The Morgan fingerprint density at radius 2 is 1.58 bits per heavy atom. The quantitative estimate of drug-likeness (QED) is 0.732. The molecule has 4 rings (SSSR count). The van der Waals surface area contributed by atoms with Crippen LogP contribution in [0.3, 0.4) is 0 Å². The van der Waals surface area contributed by atoms with Gasteiger partial charge in [0.25, 0.3) is 0 Å². The highest BCUT2D eigenvalue weighted by molar-refractivity contribution is 6.00. The number of allylic oxidation sites excluding steroid dienone is 1. The van der Waals surface area contributed by atoms with Gasteiger partial charge in [-0.2, -0.15) is 0 Å². The molecule has 0 aromatic heterocycles. The summed E-state index contributed by atoms with van der Waals surface area (Å²) in [7, 11) is 4.21. The van der Waals surface area contributed by atoms with Gasteiger partial charge in [-0.05, 0) is 29.5 Å². The van der Waals surface area contributed by atoms with Crippen molar-refractivity contribution in [1.29, 1.82) is 0 Å². The van der Waals surface area contributed by atoms with E-state index >= 15 is 0 Å². The first-order valence-corrected chi connectivity index (χ1v) is 9.18. The molecule has 0 saturated carbocycles. The molecule has 2 aliphatic rings. The zero-order valence-corrected chi connectivity index (χ0v) is 15.9. The van der Waals surface area contributed by atoms with Crippen LogP contribution in [0.2, 0.25) is 0 Å². The smallest absolute Gasteiger partial charge is 0.164 e. The van der Waals surface area contributed by atoms with Gasteiger partial charge in [0.05, 0.1) is 14.1 Å². The van der Waals surface area contributed by atoms with E-state index in [1.807, 2.05) is 38.1 Å². The molecule has 1 unspecified atom stereocenters. The Hall–Kier alpha value is -2.39. The first-order valence-electron chi connectivity index (χ1n) is 9.18. The maximum absolute atomic E-state index is 13.1. The fourth-order valence-corrected chi connectivity index (χ4v) is 4.73. The van der Waals surface area contributed by atoms with Crippen LogP contribution in [0.1, 0.15) is 38.3 Å². The molecule has 1 aliphatic carbocycles. The summed E-state index contributed by atoms with van der Waals surface area (Å²) in [6, 6.07) is 16.3. The second-order valence-electron chi connectivity index (χ2n) is 8.82. The predicted molar refractivity (Wildman–Crippen MR) is 103 cm³/mol. The maximum atomic E-state index is 13.1. The number of Topliss-reactive ketones (excluding diaryl/α,β-unsaturated/α-hetero) is 1. The number of nitrogens with zero attached hydrogens (tertiary/aromatic N) is 1. The molecular weight excluding hydrogens is 322 g/mol. The molecule has 134 valence electrons. The number of hydrogen-bond donors (Lipinski definition) is 0. The SMILES string of the molecule is CC1(C)CC(=O)C(C2c3ccccc3-c3ccccc3[N+]2(C)C)=C([O-])C1. The Labute approximate surface area is 155 Å². The average Bonchev–Trinajstić information content (AvgIpc) is 2.56. The summed E-state index contributed by atoms with van der Waals surface area (Å²) in [5.41, 5.74) is 4.77. The summed E-state index contributed by atoms with van der Waals surface area (Å²) in [4.78, 5) is 13.1. The lowest BCUT2D eigenvalue weighted by atomic mass is 9.72. The third-order valence-corrected chi connectivity index (χ3v) is 5.87. The van der Waals surface area contributed by atoms with Crippen LogP contribution in [0.15, 0.2) is 59.9 Å². The van der Waals surface area contributed by atoms with Crippen molar-refractivity contribution in [1.82, 2.24) is 4.48 Å². The van der Waals surface area contributed by atoms with Gasteiger partial charge in [0.15, 0.2) is 5.78 Å². The molecule has 2 aromatic carbocycles. The van der Waals surface area contributed by atoms with Gasteiger partial charge in [0.1, 0.15) is 11.7 Å².